The Labute approximate surface area is 125 Å². The largest absolute Gasteiger partial charge is 0.445 e. The van der Waals surface area contributed by atoms with Gasteiger partial charge in [-0.15, -0.1) is 0 Å². The summed E-state index contributed by atoms with van der Waals surface area (Å²) in [6.07, 6.45) is 1.30. The number of amides is 2. The summed E-state index contributed by atoms with van der Waals surface area (Å²) in [6.45, 7) is 3.28. The zero-order valence-electron chi connectivity index (χ0n) is 12.6. The zero-order chi connectivity index (χ0) is 15.2. The summed E-state index contributed by atoms with van der Waals surface area (Å²) in [5.41, 5.74) is 0.977. The maximum atomic E-state index is 12.1. The molecular formula is C16H22N2O3. The number of rotatable bonds is 3. The van der Waals surface area contributed by atoms with Crippen LogP contribution in [0, 0.1) is 0 Å². The van der Waals surface area contributed by atoms with Gasteiger partial charge >= 0.3 is 6.09 Å². The topological polar surface area (TPSA) is 49.9 Å². The summed E-state index contributed by atoms with van der Waals surface area (Å²) >= 11 is 0. The Balaban J connectivity index is 1.79. The molecule has 0 aromatic heterocycles. The average Bonchev–Trinajstić information content (AvgIpc) is 2.53. The fourth-order valence-electron chi connectivity index (χ4n) is 2.54. The third-order valence-electron chi connectivity index (χ3n) is 3.95. The predicted molar refractivity (Wildman–Crippen MR) is 79.7 cm³/mol. The van der Waals surface area contributed by atoms with Gasteiger partial charge in [-0.2, -0.15) is 0 Å². The molecule has 5 heteroatoms. The molecule has 2 rings (SSSR count). The fourth-order valence-corrected chi connectivity index (χ4v) is 2.54. The molecule has 0 N–H and O–H groups in total. The standard InChI is InChI=1S/C16H22N2O3/c1-13(19)18-10-8-15(9-11-18)17(2)16(20)21-12-14-6-4-3-5-7-14/h3-7,15H,8-12H2,1-2H3. The monoisotopic (exact) mass is 290 g/mol. The van der Waals surface area contributed by atoms with Crippen molar-refractivity contribution in [2.75, 3.05) is 20.1 Å². The van der Waals surface area contributed by atoms with Gasteiger partial charge in [0.25, 0.3) is 0 Å². The number of carbonyl (C=O) groups is 2. The Bertz CT molecular complexity index is 482. The molecule has 0 unspecified atom stereocenters. The van der Waals surface area contributed by atoms with E-state index in [9.17, 15) is 9.59 Å². The molecule has 114 valence electrons. The van der Waals surface area contributed by atoms with Crippen molar-refractivity contribution >= 4 is 12.0 Å². The Morgan fingerprint density at radius 1 is 1.24 bits per heavy atom. The Morgan fingerprint density at radius 3 is 2.43 bits per heavy atom. The van der Waals surface area contributed by atoms with Crippen molar-refractivity contribution < 1.29 is 14.3 Å². The molecule has 21 heavy (non-hydrogen) atoms. The van der Waals surface area contributed by atoms with Crippen LogP contribution in [0.2, 0.25) is 0 Å². The van der Waals surface area contributed by atoms with Crippen molar-refractivity contribution in [1.29, 1.82) is 0 Å². The lowest BCUT2D eigenvalue weighted by molar-refractivity contribution is -0.130. The minimum absolute atomic E-state index is 0.0998. The van der Waals surface area contributed by atoms with E-state index in [0.717, 1.165) is 18.4 Å². The van der Waals surface area contributed by atoms with Crippen LogP contribution in [0.3, 0.4) is 0 Å². The molecule has 1 heterocycles. The Kier molecular flexibility index (Phi) is 5.20. The molecule has 1 aromatic carbocycles. The molecule has 5 nitrogen and oxygen atoms in total. The van der Waals surface area contributed by atoms with E-state index in [1.807, 2.05) is 35.2 Å². The first kappa shape index (κ1) is 15.4. The van der Waals surface area contributed by atoms with Gasteiger partial charge in [0.15, 0.2) is 0 Å². The van der Waals surface area contributed by atoms with Gasteiger partial charge in [-0.25, -0.2) is 4.79 Å². The van der Waals surface area contributed by atoms with Crippen LogP contribution in [0.25, 0.3) is 0 Å². The molecule has 1 saturated heterocycles. The Morgan fingerprint density at radius 2 is 1.86 bits per heavy atom. The van der Waals surface area contributed by atoms with Gasteiger partial charge in [-0.1, -0.05) is 30.3 Å². The first-order chi connectivity index (χ1) is 10.1. The van der Waals surface area contributed by atoms with Crippen molar-refractivity contribution in [3.05, 3.63) is 35.9 Å². The first-order valence-electron chi connectivity index (χ1n) is 7.27. The fraction of sp³-hybridized carbons (Fsp3) is 0.500. The highest BCUT2D eigenvalue weighted by atomic mass is 16.6. The molecule has 1 aliphatic rings. The van der Waals surface area contributed by atoms with E-state index >= 15 is 0 Å². The van der Waals surface area contributed by atoms with E-state index in [-0.39, 0.29) is 24.6 Å². The van der Waals surface area contributed by atoms with Crippen molar-refractivity contribution in [2.24, 2.45) is 0 Å². The lowest BCUT2D eigenvalue weighted by Gasteiger charge is -2.35. The zero-order valence-corrected chi connectivity index (χ0v) is 12.6. The SMILES string of the molecule is CC(=O)N1CCC(N(C)C(=O)OCc2ccccc2)CC1. The smallest absolute Gasteiger partial charge is 0.410 e. The molecule has 0 bridgehead atoms. The number of piperidine rings is 1. The van der Waals surface area contributed by atoms with Gasteiger partial charge in [0, 0.05) is 33.1 Å². The van der Waals surface area contributed by atoms with E-state index in [1.54, 1.807) is 18.9 Å². The van der Waals surface area contributed by atoms with Gasteiger partial charge in [-0.05, 0) is 18.4 Å². The second-order valence-corrected chi connectivity index (χ2v) is 5.39. The summed E-state index contributed by atoms with van der Waals surface area (Å²) in [5.74, 6) is 0.0998. The van der Waals surface area contributed by atoms with Crippen LogP contribution in [0.15, 0.2) is 30.3 Å². The highest BCUT2D eigenvalue weighted by molar-refractivity contribution is 5.73. The summed E-state index contributed by atoms with van der Waals surface area (Å²) in [7, 11) is 1.77. The minimum atomic E-state index is -0.305. The van der Waals surface area contributed by atoms with E-state index in [2.05, 4.69) is 0 Å². The summed E-state index contributed by atoms with van der Waals surface area (Å²) in [5, 5.41) is 0. The van der Waals surface area contributed by atoms with Crippen LogP contribution in [0.5, 0.6) is 0 Å². The highest BCUT2D eigenvalue weighted by Gasteiger charge is 2.26. The molecule has 0 saturated carbocycles. The third-order valence-corrected chi connectivity index (χ3v) is 3.95. The highest BCUT2D eigenvalue weighted by Crippen LogP contribution is 2.16. The number of likely N-dealkylation sites (tertiary alicyclic amines) is 1. The summed E-state index contributed by atoms with van der Waals surface area (Å²) in [6, 6.07) is 9.77. The molecule has 0 atom stereocenters. The van der Waals surface area contributed by atoms with Gasteiger partial charge in [0.2, 0.25) is 5.91 Å². The van der Waals surface area contributed by atoms with E-state index in [1.165, 1.54) is 0 Å². The van der Waals surface area contributed by atoms with Crippen LogP contribution in [0.1, 0.15) is 25.3 Å². The minimum Gasteiger partial charge on any atom is -0.445 e. The number of carbonyl (C=O) groups excluding carboxylic acids is 2. The van der Waals surface area contributed by atoms with Gasteiger partial charge < -0.3 is 14.5 Å². The summed E-state index contributed by atoms with van der Waals surface area (Å²) < 4.78 is 5.32. The quantitative estimate of drug-likeness (QED) is 0.858. The number of benzene rings is 1. The molecule has 0 spiro atoms. The van der Waals surface area contributed by atoms with Gasteiger partial charge in [0.05, 0.1) is 0 Å². The van der Waals surface area contributed by atoms with Crippen LogP contribution < -0.4 is 0 Å². The van der Waals surface area contributed by atoms with Gasteiger partial charge in [0.1, 0.15) is 6.61 Å². The maximum Gasteiger partial charge on any atom is 0.410 e. The number of hydrogen-bond acceptors (Lipinski definition) is 3. The maximum absolute atomic E-state index is 12.1. The average molecular weight is 290 g/mol. The predicted octanol–water partition coefficient (Wildman–Crippen LogP) is 2.27. The number of nitrogens with zero attached hydrogens (tertiary/aromatic N) is 2. The summed E-state index contributed by atoms with van der Waals surface area (Å²) in [4.78, 5) is 26.8. The van der Waals surface area contributed by atoms with Crippen LogP contribution in [-0.4, -0.2) is 48.0 Å². The van der Waals surface area contributed by atoms with Crippen molar-refractivity contribution in [1.82, 2.24) is 9.80 Å². The molecule has 1 aliphatic heterocycles. The molecule has 1 fully saturated rings. The normalized spacial score (nSPS) is 15.6. The van der Waals surface area contributed by atoms with E-state index in [4.69, 9.17) is 4.74 Å². The molecule has 0 radical (unpaired) electrons. The molecule has 1 aromatic rings. The van der Waals surface area contributed by atoms with Crippen LogP contribution in [-0.2, 0) is 16.1 Å². The lowest BCUT2D eigenvalue weighted by atomic mass is 10.0. The molecular weight excluding hydrogens is 268 g/mol. The number of hydrogen-bond donors (Lipinski definition) is 0. The van der Waals surface area contributed by atoms with Crippen molar-refractivity contribution in [2.45, 2.75) is 32.4 Å². The van der Waals surface area contributed by atoms with Crippen molar-refractivity contribution in [3.63, 3.8) is 0 Å². The third kappa shape index (κ3) is 4.21. The number of ether oxygens (including phenoxy) is 1. The van der Waals surface area contributed by atoms with Gasteiger partial charge in [-0.3, -0.25) is 4.79 Å². The Hall–Kier alpha value is -2.04. The molecule has 2 amide bonds. The molecule has 0 aliphatic carbocycles. The van der Waals surface area contributed by atoms with E-state index < -0.39 is 0 Å². The first-order valence-corrected chi connectivity index (χ1v) is 7.27. The van der Waals surface area contributed by atoms with Crippen LogP contribution >= 0.6 is 0 Å². The van der Waals surface area contributed by atoms with Crippen molar-refractivity contribution in [3.8, 4) is 0 Å². The van der Waals surface area contributed by atoms with E-state index in [0.29, 0.717) is 13.1 Å². The second kappa shape index (κ2) is 7.11. The second-order valence-electron chi connectivity index (χ2n) is 5.39. The van der Waals surface area contributed by atoms with Crippen LogP contribution in [0.4, 0.5) is 4.79 Å². The lowest BCUT2D eigenvalue weighted by Crippen LogP contribution is -2.46.